The van der Waals surface area contributed by atoms with Crippen LogP contribution >= 0.6 is 0 Å². The van der Waals surface area contributed by atoms with Crippen LogP contribution in [0.15, 0.2) is 24.3 Å². The highest BCUT2D eigenvalue weighted by atomic mass is 16.5. The lowest BCUT2D eigenvalue weighted by Gasteiger charge is -2.45. The number of fused-ring (bicyclic) bond motifs is 1. The van der Waals surface area contributed by atoms with E-state index in [-0.39, 0.29) is 12.1 Å². The third kappa shape index (κ3) is 4.99. The Morgan fingerprint density at radius 2 is 1.89 bits per heavy atom. The first-order chi connectivity index (χ1) is 13.5. The van der Waals surface area contributed by atoms with Crippen molar-refractivity contribution in [3.63, 3.8) is 0 Å². The van der Waals surface area contributed by atoms with Gasteiger partial charge in [0.25, 0.3) is 0 Å². The zero-order valence-corrected chi connectivity index (χ0v) is 18.0. The van der Waals surface area contributed by atoms with Gasteiger partial charge in [-0.25, -0.2) is 4.79 Å². The van der Waals surface area contributed by atoms with Gasteiger partial charge >= 0.3 is 6.03 Å². The predicted molar refractivity (Wildman–Crippen MR) is 114 cm³/mol. The Morgan fingerprint density at radius 3 is 2.57 bits per heavy atom. The van der Waals surface area contributed by atoms with Gasteiger partial charge in [0.1, 0.15) is 5.75 Å². The van der Waals surface area contributed by atoms with Crippen LogP contribution in [-0.4, -0.2) is 55.7 Å². The topological polar surface area (TPSA) is 44.8 Å². The van der Waals surface area contributed by atoms with Crippen molar-refractivity contribution in [3.8, 4) is 5.75 Å². The van der Waals surface area contributed by atoms with Crippen LogP contribution in [0.2, 0.25) is 0 Å². The van der Waals surface area contributed by atoms with Gasteiger partial charge in [-0.2, -0.15) is 0 Å². The molecule has 0 saturated carbocycles. The number of rotatable bonds is 6. The smallest absolute Gasteiger partial charge is 0.317 e. The lowest BCUT2D eigenvalue weighted by atomic mass is 9.83. The molecule has 3 unspecified atom stereocenters. The van der Waals surface area contributed by atoms with E-state index in [1.54, 1.807) is 7.11 Å². The van der Waals surface area contributed by atoms with E-state index in [1.807, 2.05) is 36.2 Å². The van der Waals surface area contributed by atoms with E-state index >= 15 is 0 Å². The molecule has 5 nitrogen and oxygen atoms in total. The second-order valence-corrected chi connectivity index (χ2v) is 8.83. The highest BCUT2D eigenvalue weighted by Gasteiger charge is 2.34. The summed E-state index contributed by atoms with van der Waals surface area (Å²) in [6.45, 7) is 7.63. The number of carbonyl (C=O) groups is 1. The number of methoxy groups -OCH3 is 1. The molecule has 0 radical (unpaired) electrons. The van der Waals surface area contributed by atoms with E-state index in [4.69, 9.17) is 4.74 Å². The van der Waals surface area contributed by atoms with Crippen LogP contribution in [0.1, 0.15) is 57.6 Å². The van der Waals surface area contributed by atoms with Crippen LogP contribution in [0.4, 0.5) is 4.79 Å². The molecule has 2 fully saturated rings. The molecule has 1 aromatic rings. The molecule has 2 aliphatic heterocycles. The number of carbonyl (C=O) groups excluding carboxylic acids is 1. The number of benzene rings is 1. The van der Waals surface area contributed by atoms with Crippen molar-refractivity contribution >= 4 is 6.03 Å². The summed E-state index contributed by atoms with van der Waals surface area (Å²) >= 11 is 0. The summed E-state index contributed by atoms with van der Waals surface area (Å²) < 4.78 is 5.26. The molecule has 0 bridgehead atoms. The highest BCUT2D eigenvalue weighted by molar-refractivity contribution is 5.74. The number of nitrogens with zero attached hydrogens (tertiary/aromatic N) is 2. The fourth-order valence-electron chi connectivity index (χ4n) is 4.91. The molecular formula is C23H37N3O2. The van der Waals surface area contributed by atoms with Crippen LogP contribution in [-0.2, 0) is 0 Å². The van der Waals surface area contributed by atoms with Crippen LogP contribution < -0.4 is 10.1 Å². The fraction of sp³-hybridized carbons (Fsp3) is 0.696. The molecule has 1 N–H and O–H groups in total. The molecule has 2 saturated heterocycles. The number of nitrogens with one attached hydrogen (secondary N) is 1. The maximum Gasteiger partial charge on any atom is 0.317 e. The largest absolute Gasteiger partial charge is 0.497 e. The quantitative estimate of drug-likeness (QED) is 0.792. The predicted octanol–water partition coefficient (Wildman–Crippen LogP) is 4.30. The van der Waals surface area contributed by atoms with Gasteiger partial charge in [-0.05, 0) is 68.3 Å². The molecule has 0 aromatic heterocycles. The Labute approximate surface area is 170 Å². The molecular weight excluding hydrogens is 350 g/mol. The Kier molecular flexibility index (Phi) is 7.22. The van der Waals surface area contributed by atoms with E-state index < -0.39 is 0 Å². The maximum absolute atomic E-state index is 13.0. The molecule has 5 heteroatoms. The zero-order chi connectivity index (χ0) is 20.1. The van der Waals surface area contributed by atoms with Gasteiger partial charge in [0.2, 0.25) is 0 Å². The second kappa shape index (κ2) is 9.64. The molecule has 0 aliphatic carbocycles. The van der Waals surface area contributed by atoms with Gasteiger partial charge < -0.3 is 19.9 Å². The van der Waals surface area contributed by atoms with Crippen LogP contribution in [0.5, 0.6) is 5.75 Å². The molecule has 28 heavy (non-hydrogen) atoms. The van der Waals surface area contributed by atoms with E-state index in [1.165, 1.54) is 45.2 Å². The van der Waals surface area contributed by atoms with E-state index in [2.05, 4.69) is 24.1 Å². The molecule has 1 aromatic carbocycles. The van der Waals surface area contributed by atoms with Crippen molar-refractivity contribution in [1.82, 2.24) is 15.1 Å². The number of hydrogen-bond donors (Lipinski definition) is 1. The van der Waals surface area contributed by atoms with Crippen molar-refractivity contribution in [2.24, 2.45) is 11.8 Å². The Bertz CT molecular complexity index is 629. The monoisotopic (exact) mass is 387 g/mol. The van der Waals surface area contributed by atoms with Crippen LogP contribution in [0, 0.1) is 11.8 Å². The van der Waals surface area contributed by atoms with Crippen molar-refractivity contribution in [2.45, 2.75) is 58.0 Å². The number of urea groups is 1. The summed E-state index contributed by atoms with van der Waals surface area (Å²) in [5, 5.41) is 3.26. The summed E-state index contributed by atoms with van der Waals surface area (Å²) in [6, 6.07) is 8.71. The normalized spacial score (nSPS) is 23.8. The van der Waals surface area contributed by atoms with Gasteiger partial charge in [-0.3, -0.25) is 0 Å². The van der Waals surface area contributed by atoms with Gasteiger partial charge in [-0.1, -0.05) is 32.4 Å². The lowest BCUT2D eigenvalue weighted by molar-refractivity contribution is 0.0484. The first kappa shape index (κ1) is 21.0. The van der Waals surface area contributed by atoms with Crippen molar-refractivity contribution in [2.75, 3.05) is 33.8 Å². The Balaban J connectivity index is 1.61. The molecule has 3 atom stereocenters. The SMILES string of the molecule is COc1ccc(C(NC(=O)N(C)CC2CCCN3CCCCC23)C(C)C)cc1. The summed E-state index contributed by atoms with van der Waals surface area (Å²) in [4.78, 5) is 17.5. The van der Waals surface area contributed by atoms with Gasteiger partial charge in [0.15, 0.2) is 0 Å². The molecule has 0 spiro atoms. The van der Waals surface area contributed by atoms with Gasteiger partial charge in [0, 0.05) is 19.6 Å². The Morgan fingerprint density at radius 1 is 1.18 bits per heavy atom. The first-order valence-corrected chi connectivity index (χ1v) is 10.9. The first-order valence-electron chi connectivity index (χ1n) is 10.9. The number of piperidine rings is 2. The second-order valence-electron chi connectivity index (χ2n) is 8.83. The maximum atomic E-state index is 13.0. The summed E-state index contributed by atoms with van der Waals surface area (Å²) in [5.74, 6) is 1.75. The fourth-order valence-corrected chi connectivity index (χ4v) is 4.91. The minimum Gasteiger partial charge on any atom is -0.497 e. The van der Waals surface area contributed by atoms with Crippen molar-refractivity contribution < 1.29 is 9.53 Å². The average Bonchev–Trinajstić information content (AvgIpc) is 2.72. The molecule has 2 heterocycles. The van der Waals surface area contributed by atoms with Crippen LogP contribution in [0.3, 0.4) is 0 Å². The number of amides is 2. The Hall–Kier alpha value is -1.75. The third-order valence-electron chi connectivity index (χ3n) is 6.50. The summed E-state index contributed by atoms with van der Waals surface area (Å²) in [5.41, 5.74) is 1.12. The van der Waals surface area contributed by atoms with Crippen molar-refractivity contribution in [3.05, 3.63) is 29.8 Å². The number of hydrogen-bond acceptors (Lipinski definition) is 3. The minimum atomic E-state index is -0.00149. The van der Waals surface area contributed by atoms with Gasteiger partial charge in [0.05, 0.1) is 13.2 Å². The van der Waals surface area contributed by atoms with Crippen LogP contribution in [0.25, 0.3) is 0 Å². The average molecular weight is 388 g/mol. The van der Waals surface area contributed by atoms with E-state index in [0.717, 1.165) is 17.9 Å². The summed E-state index contributed by atoms with van der Waals surface area (Å²) in [6.07, 6.45) is 6.46. The van der Waals surface area contributed by atoms with E-state index in [0.29, 0.717) is 17.9 Å². The minimum absolute atomic E-state index is 0.00149. The zero-order valence-electron chi connectivity index (χ0n) is 18.0. The van der Waals surface area contributed by atoms with Gasteiger partial charge in [-0.15, -0.1) is 0 Å². The highest BCUT2D eigenvalue weighted by Crippen LogP contribution is 2.31. The third-order valence-corrected chi connectivity index (χ3v) is 6.50. The van der Waals surface area contributed by atoms with Crippen molar-refractivity contribution in [1.29, 1.82) is 0 Å². The number of ether oxygens (including phenoxy) is 1. The molecule has 3 rings (SSSR count). The van der Waals surface area contributed by atoms with E-state index in [9.17, 15) is 4.79 Å². The molecule has 156 valence electrons. The standard InChI is InChI=1S/C23H37N3O2/c1-17(2)22(18-10-12-20(28-4)13-11-18)24-23(27)25(3)16-19-8-7-15-26-14-6-5-9-21(19)26/h10-13,17,19,21-22H,5-9,14-16H2,1-4H3,(H,24,27). The lowest BCUT2D eigenvalue weighted by Crippen LogP contribution is -2.52. The molecule has 2 amide bonds. The molecule has 2 aliphatic rings. The summed E-state index contributed by atoms with van der Waals surface area (Å²) in [7, 11) is 3.62.